The molecule has 0 fully saturated rings. The van der Waals surface area contributed by atoms with Crippen LogP contribution in [0.2, 0.25) is 5.02 Å². The van der Waals surface area contributed by atoms with Gasteiger partial charge in [-0.2, -0.15) is 0 Å². The van der Waals surface area contributed by atoms with Crippen LogP contribution in [0, 0.1) is 6.92 Å². The van der Waals surface area contributed by atoms with Gasteiger partial charge in [-0.3, -0.25) is 9.10 Å². The molecule has 0 aliphatic carbocycles. The van der Waals surface area contributed by atoms with Gasteiger partial charge in [-0.1, -0.05) is 45.7 Å². The third-order valence-corrected chi connectivity index (χ3v) is 6.72. The lowest BCUT2D eigenvalue weighted by molar-refractivity contribution is 0.102. The molecule has 1 amide bonds. The maximum atomic E-state index is 12.5. The van der Waals surface area contributed by atoms with Gasteiger partial charge >= 0.3 is 0 Å². The molecule has 0 saturated carbocycles. The molecule has 0 bridgehead atoms. The summed E-state index contributed by atoms with van der Waals surface area (Å²) in [6.45, 7) is 2.08. The van der Waals surface area contributed by atoms with Crippen molar-refractivity contribution < 1.29 is 13.2 Å². The van der Waals surface area contributed by atoms with E-state index in [4.69, 9.17) is 11.6 Å². The minimum atomic E-state index is -3.52. The van der Waals surface area contributed by atoms with E-state index in [1.165, 1.54) is 4.31 Å². The molecule has 0 spiro atoms. The van der Waals surface area contributed by atoms with Crippen molar-refractivity contribution in [1.82, 2.24) is 0 Å². The first-order valence-electron chi connectivity index (χ1n) is 9.03. The van der Waals surface area contributed by atoms with Crippen LogP contribution in [0.15, 0.2) is 71.2 Å². The third kappa shape index (κ3) is 5.62. The molecule has 0 saturated heterocycles. The Kier molecular flexibility index (Phi) is 6.85. The molecule has 3 aromatic rings. The van der Waals surface area contributed by atoms with Gasteiger partial charge in [-0.25, -0.2) is 8.42 Å². The SMILES string of the molecule is Cc1cc(NC(=O)c2ccc(CN(c3cccc(Cl)c3)S(C)(=O)=O)cc2)ccc1Br. The fourth-order valence-electron chi connectivity index (χ4n) is 2.88. The highest BCUT2D eigenvalue weighted by molar-refractivity contribution is 9.10. The van der Waals surface area contributed by atoms with E-state index < -0.39 is 10.0 Å². The molecule has 5 nitrogen and oxygen atoms in total. The lowest BCUT2D eigenvalue weighted by Crippen LogP contribution is -2.29. The van der Waals surface area contributed by atoms with Crippen LogP contribution >= 0.6 is 27.5 Å². The molecule has 0 radical (unpaired) electrons. The normalized spacial score (nSPS) is 11.2. The number of aryl methyl sites for hydroxylation is 1. The summed E-state index contributed by atoms with van der Waals surface area (Å²) < 4.78 is 26.8. The number of sulfonamides is 1. The monoisotopic (exact) mass is 506 g/mol. The summed E-state index contributed by atoms with van der Waals surface area (Å²) in [5.41, 5.74) is 3.43. The van der Waals surface area contributed by atoms with Gasteiger partial charge in [0.25, 0.3) is 5.91 Å². The van der Waals surface area contributed by atoms with Crippen LogP contribution in [0.25, 0.3) is 0 Å². The fourth-order valence-corrected chi connectivity index (χ4v) is 4.20. The molecule has 0 aliphatic heterocycles. The number of amides is 1. The number of halogens is 2. The molecule has 156 valence electrons. The zero-order chi connectivity index (χ0) is 21.9. The lowest BCUT2D eigenvalue weighted by Gasteiger charge is -2.22. The largest absolute Gasteiger partial charge is 0.322 e. The second-order valence-electron chi connectivity index (χ2n) is 6.86. The molecule has 0 atom stereocenters. The molecule has 0 aliphatic rings. The van der Waals surface area contributed by atoms with E-state index in [0.717, 1.165) is 21.9 Å². The zero-order valence-electron chi connectivity index (χ0n) is 16.4. The highest BCUT2D eigenvalue weighted by Gasteiger charge is 2.18. The van der Waals surface area contributed by atoms with Gasteiger partial charge in [-0.05, 0) is 66.6 Å². The third-order valence-electron chi connectivity index (χ3n) is 4.45. The van der Waals surface area contributed by atoms with Gasteiger partial charge in [0.2, 0.25) is 10.0 Å². The Bertz CT molecular complexity index is 1180. The summed E-state index contributed by atoms with van der Waals surface area (Å²) in [6.07, 6.45) is 1.15. The number of benzene rings is 3. The van der Waals surface area contributed by atoms with Crippen molar-refractivity contribution in [3.8, 4) is 0 Å². The van der Waals surface area contributed by atoms with Gasteiger partial charge in [0.05, 0.1) is 18.5 Å². The van der Waals surface area contributed by atoms with Crippen molar-refractivity contribution in [1.29, 1.82) is 0 Å². The molecule has 0 unspecified atom stereocenters. The Morgan fingerprint density at radius 1 is 1.07 bits per heavy atom. The fraction of sp³-hybridized carbons (Fsp3) is 0.136. The van der Waals surface area contributed by atoms with Crippen LogP contribution in [0.1, 0.15) is 21.5 Å². The van der Waals surface area contributed by atoms with E-state index in [2.05, 4.69) is 21.2 Å². The number of anilines is 2. The lowest BCUT2D eigenvalue weighted by atomic mass is 10.1. The number of nitrogens with one attached hydrogen (secondary N) is 1. The Morgan fingerprint density at radius 3 is 2.37 bits per heavy atom. The summed E-state index contributed by atoms with van der Waals surface area (Å²) in [5.74, 6) is -0.238. The standard InChI is InChI=1S/C22H20BrClN2O3S/c1-15-12-19(10-11-21(15)23)25-22(27)17-8-6-16(7-9-17)14-26(30(2,28)29)20-5-3-4-18(24)13-20/h3-13H,14H2,1-2H3,(H,25,27). The molecule has 0 heterocycles. The number of hydrogen-bond acceptors (Lipinski definition) is 3. The van der Waals surface area contributed by atoms with E-state index in [1.807, 2.05) is 25.1 Å². The van der Waals surface area contributed by atoms with E-state index in [0.29, 0.717) is 22.0 Å². The summed E-state index contributed by atoms with van der Waals surface area (Å²) in [4.78, 5) is 12.5. The molecule has 0 aromatic heterocycles. The van der Waals surface area contributed by atoms with Crippen molar-refractivity contribution in [3.05, 3.63) is 92.9 Å². The highest BCUT2D eigenvalue weighted by Crippen LogP contribution is 2.24. The average molecular weight is 508 g/mol. The maximum absolute atomic E-state index is 12.5. The number of carbonyl (C=O) groups is 1. The van der Waals surface area contributed by atoms with Crippen LogP contribution in [0.4, 0.5) is 11.4 Å². The molecular weight excluding hydrogens is 488 g/mol. The van der Waals surface area contributed by atoms with Gasteiger partial charge in [0.15, 0.2) is 0 Å². The highest BCUT2D eigenvalue weighted by atomic mass is 79.9. The van der Waals surface area contributed by atoms with Gasteiger partial charge in [0, 0.05) is 20.7 Å². The predicted molar refractivity (Wildman–Crippen MR) is 126 cm³/mol. The van der Waals surface area contributed by atoms with E-state index in [-0.39, 0.29) is 12.5 Å². The second kappa shape index (κ2) is 9.20. The quantitative estimate of drug-likeness (QED) is 0.470. The van der Waals surface area contributed by atoms with Gasteiger partial charge in [-0.15, -0.1) is 0 Å². The summed E-state index contributed by atoms with van der Waals surface area (Å²) in [7, 11) is -3.52. The van der Waals surface area contributed by atoms with Crippen LogP contribution in [-0.2, 0) is 16.6 Å². The first-order valence-corrected chi connectivity index (χ1v) is 12.0. The van der Waals surface area contributed by atoms with E-state index in [9.17, 15) is 13.2 Å². The molecule has 30 heavy (non-hydrogen) atoms. The Morgan fingerprint density at radius 2 is 1.77 bits per heavy atom. The molecule has 3 aromatic carbocycles. The van der Waals surface area contributed by atoms with Gasteiger partial charge in [0.1, 0.15) is 0 Å². The van der Waals surface area contributed by atoms with E-state index in [1.54, 1.807) is 48.5 Å². The number of hydrogen-bond donors (Lipinski definition) is 1. The Balaban J connectivity index is 1.76. The van der Waals surface area contributed by atoms with Crippen LogP contribution in [-0.4, -0.2) is 20.6 Å². The first kappa shape index (κ1) is 22.3. The van der Waals surface area contributed by atoms with Crippen molar-refractivity contribution >= 4 is 54.8 Å². The van der Waals surface area contributed by atoms with Gasteiger partial charge < -0.3 is 5.32 Å². The molecular formula is C22H20BrClN2O3S. The van der Waals surface area contributed by atoms with Crippen molar-refractivity contribution in [3.63, 3.8) is 0 Å². The number of carbonyl (C=O) groups excluding carboxylic acids is 1. The summed E-state index contributed by atoms with van der Waals surface area (Å²) >= 11 is 9.45. The second-order valence-corrected chi connectivity index (χ2v) is 10.1. The van der Waals surface area contributed by atoms with Crippen LogP contribution < -0.4 is 9.62 Å². The molecule has 3 rings (SSSR count). The summed E-state index contributed by atoms with van der Waals surface area (Å²) in [5, 5.41) is 3.32. The van der Waals surface area contributed by atoms with Crippen molar-refractivity contribution in [2.75, 3.05) is 15.9 Å². The maximum Gasteiger partial charge on any atom is 0.255 e. The molecule has 8 heteroatoms. The number of nitrogens with zero attached hydrogens (tertiary/aromatic N) is 1. The topological polar surface area (TPSA) is 66.5 Å². The number of rotatable bonds is 6. The minimum absolute atomic E-state index is 0.132. The predicted octanol–water partition coefficient (Wildman–Crippen LogP) is 5.63. The Labute approximate surface area is 189 Å². The van der Waals surface area contributed by atoms with Crippen molar-refractivity contribution in [2.24, 2.45) is 0 Å². The average Bonchev–Trinajstić information content (AvgIpc) is 2.68. The summed E-state index contributed by atoms with van der Waals surface area (Å²) in [6, 6.07) is 19.1. The smallest absolute Gasteiger partial charge is 0.255 e. The minimum Gasteiger partial charge on any atom is -0.322 e. The van der Waals surface area contributed by atoms with Crippen molar-refractivity contribution in [2.45, 2.75) is 13.5 Å². The Hall–Kier alpha value is -2.35. The van der Waals surface area contributed by atoms with Crippen LogP contribution in [0.5, 0.6) is 0 Å². The first-order chi connectivity index (χ1) is 14.1. The zero-order valence-corrected chi connectivity index (χ0v) is 19.6. The van der Waals surface area contributed by atoms with Crippen LogP contribution in [0.3, 0.4) is 0 Å². The molecule has 1 N–H and O–H groups in total. The van der Waals surface area contributed by atoms with E-state index >= 15 is 0 Å².